The van der Waals surface area contributed by atoms with Crippen LogP contribution in [0.25, 0.3) is 0 Å². The summed E-state index contributed by atoms with van der Waals surface area (Å²) in [6.45, 7) is 9.47. The zero-order chi connectivity index (χ0) is 20.4. The first-order chi connectivity index (χ1) is 12.5. The van der Waals surface area contributed by atoms with Gasteiger partial charge < -0.3 is 5.32 Å². The van der Waals surface area contributed by atoms with E-state index in [0.29, 0.717) is 5.02 Å². The number of nitrogens with one attached hydrogen (secondary N) is 2. The van der Waals surface area contributed by atoms with Gasteiger partial charge in [0.05, 0.1) is 17.0 Å². The Bertz CT molecular complexity index is 940. The molecule has 5 nitrogen and oxygen atoms in total. The summed E-state index contributed by atoms with van der Waals surface area (Å²) in [5, 5.41) is 3.32. The van der Waals surface area contributed by atoms with Crippen molar-refractivity contribution in [1.29, 1.82) is 0 Å². The molecule has 0 heterocycles. The third-order valence-electron chi connectivity index (χ3n) is 4.56. The normalized spacial score (nSPS) is 13.9. The van der Waals surface area contributed by atoms with E-state index in [2.05, 4.69) is 22.2 Å². The average molecular weight is 409 g/mol. The number of benzene rings is 2. The summed E-state index contributed by atoms with van der Waals surface area (Å²) in [5.41, 5.74) is 4.44. The summed E-state index contributed by atoms with van der Waals surface area (Å²) in [6, 6.07) is 8.76. The molecular formula is C20H25ClN2O3S. The molecule has 2 N–H and O–H groups in total. The predicted molar refractivity (Wildman–Crippen MR) is 108 cm³/mol. The van der Waals surface area contributed by atoms with Gasteiger partial charge in [-0.2, -0.15) is 4.72 Å². The molecule has 0 aliphatic rings. The second-order valence-corrected chi connectivity index (χ2v) is 8.97. The van der Waals surface area contributed by atoms with E-state index in [1.165, 1.54) is 36.8 Å². The first-order valence-corrected chi connectivity index (χ1v) is 10.5. The monoisotopic (exact) mass is 408 g/mol. The summed E-state index contributed by atoms with van der Waals surface area (Å²) in [5.74, 6) is -0.391. The van der Waals surface area contributed by atoms with Crippen LogP contribution in [0.4, 0.5) is 0 Å². The molecule has 0 radical (unpaired) electrons. The van der Waals surface area contributed by atoms with E-state index in [1.54, 1.807) is 0 Å². The summed E-state index contributed by atoms with van der Waals surface area (Å²) in [6.07, 6.45) is 0. The average Bonchev–Trinajstić information content (AvgIpc) is 2.57. The van der Waals surface area contributed by atoms with Gasteiger partial charge in [-0.25, -0.2) is 8.42 Å². The van der Waals surface area contributed by atoms with Crippen LogP contribution < -0.4 is 10.0 Å². The van der Waals surface area contributed by atoms with Crippen LogP contribution in [0.3, 0.4) is 0 Å². The van der Waals surface area contributed by atoms with Gasteiger partial charge in [0.25, 0.3) is 0 Å². The highest BCUT2D eigenvalue weighted by atomic mass is 35.5. The second-order valence-electron chi connectivity index (χ2n) is 6.82. The summed E-state index contributed by atoms with van der Waals surface area (Å²) >= 11 is 5.79. The van der Waals surface area contributed by atoms with Crippen molar-refractivity contribution in [1.82, 2.24) is 10.0 Å². The molecule has 27 heavy (non-hydrogen) atoms. The summed E-state index contributed by atoms with van der Waals surface area (Å²) in [4.78, 5) is 12.6. The maximum Gasteiger partial charge on any atom is 0.241 e. The quantitative estimate of drug-likeness (QED) is 0.763. The summed E-state index contributed by atoms with van der Waals surface area (Å²) < 4.78 is 27.2. The molecule has 0 spiro atoms. The molecule has 0 aliphatic heterocycles. The molecule has 0 fully saturated rings. The van der Waals surface area contributed by atoms with Crippen molar-refractivity contribution in [2.45, 2.75) is 51.6 Å². The molecule has 0 bridgehead atoms. The molecule has 0 saturated carbocycles. The standard InChI is InChI=1S/C20H25ClN2O3S/c1-12-10-14(3)19(11-13(12)2)15(4)22-20(24)16(5)23-27(25,26)18-8-6-17(21)7-9-18/h6-11,15-16,23H,1-5H3,(H,22,24)/t15-,16-/m1/s1. The van der Waals surface area contributed by atoms with Crippen LogP contribution in [0.2, 0.25) is 5.02 Å². The highest BCUT2D eigenvalue weighted by Crippen LogP contribution is 2.22. The predicted octanol–water partition coefficient (Wildman–Crippen LogP) is 3.81. The lowest BCUT2D eigenvalue weighted by molar-refractivity contribution is -0.123. The van der Waals surface area contributed by atoms with E-state index in [4.69, 9.17) is 11.6 Å². The van der Waals surface area contributed by atoms with Gasteiger partial charge in [0.15, 0.2) is 0 Å². The molecule has 2 aromatic rings. The Morgan fingerprint density at radius 3 is 2.11 bits per heavy atom. The molecule has 2 rings (SSSR count). The van der Waals surface area contributed by atoms with Gasteiger partial charge in [-0.1, -0.05) is 23.7 Å². The molecule has 0 aliphatic carbocycles. The van der Waals surface area contributed by atoms with E-state index >= 15 is 0 Å². The maximum atomic E-state index is 12.5. The lowest BCUT2D eigenvalue weighted by Gasteiger charge is -2.21. The lowest BCUT2D eigenvalue weighted by Crippen LogP contribution is -2.45. The smallest absolute Gasteiger partial charge is 0.241 e. The number of aryl methyl sites for hydroxylation is 3. The first kappa shape index (κ1) is 21.4. The van der Waals surface area contributed by atoms with Crippen LogP contribution in [0, 0.1) is 20.8 Å². The highest BCUT2D eigenvalue weighted by molar-refractivity contribution is 7.89. The Balaban J connectivity index is 2.09. The van der Waals surface area contributed by atoms with Crippen molar-refractivity contribution >= 4 is 27.5 Å². The number of amides is 1. The van der Waals surface area contributed by atoms with Crippen molar-refractivity contribution in [3.8, 4) is 0 Å². The number of sulfonamides is 1. The van der Waals surface area contributed by atoms with Gasteiger partial charge in [-0.15, -0.1) is 0 Å². The molecule has 7 heteroatoms. The number of rotatable bonds is 6. The molecule has 1 amide bonds. The van der Waals surface area contributed by atoms with Crippen LogP contribution in [-0.4, -0.2) is 20.4 Å². The number of halogens is 1. The van der Waals surface area contributed by atoms with Crippen molar-refractivity contribution in [2.75, 3.05) is 0 Å². The van der Waals surface area contributed by atoms with Crippen molar-refractivity contribution in [2.24, 2.45) is 0 Å². The Morgan fingerprint density at radius 1 is 0.963 bits per heavy atom. The molecule has 0 saturated heterocycles. The van der Waals surface area contributed by atoms with Crippen molar-refractivity contribution in [3.05, 3.63) is 63.7 Å². The summed E-state index contributed by atoms with van der Waals surface area (Å²) in [7, 11) is -3.81. The zero-order valence-electron chi connectivity index (χ0n) is 16.1. The third kappa shape index (κ3) is 5.31. The van der Waals surface area contributed by atoms with Gasteiger partial charge in [-0.3, -0.25) is 4.79 Å². The fraction of sp³-hybridized carbons (Fsp3) is 0.350. The van der Waals surface area contributed by atoms with E-state index in [9.17, 15) is 13.2 Å². The Morgan fingerprint density at radius 2 is 1.52 bits per heavy atom. The first-order valence-electron chi connectivity index (χ1n) is 8.67. The fourth-order valence-electron chi connectivity index (χ4n) is 2.83. The number of carbonyl (C=O) groups is 1. The van der Waals surface area contributed by atoms with Crippen LogP contribution in [0.15, 0.2) is 41.3 Å². The molecule has 2 aromatic carbocycles. The number of hydrogen-bond donors (Lipinski definition) is 2. The maximum absolute atomic E-state index is 12.5. The van der Waals surface area contributed by atoms with Crippen LogP contribution in [0.1, 0.15) is 42.1 Å². The van der Waals surface area contributed by atoms with Gasteiger partial charge in [-0.05, 0) is 81.1 Å². The molecule has 0 unspecified atom stereocenters. The highest BCUT2D eigenvalue weighted by Gasteiger charge is 2.23. The molecule has 146 valence electrons. The van der Waals surface area contributed by atoms with Gasteiger partial charge in [0.2, 0.25) is 15.9 Å². The molecule has 0 aromatic heterocycles. The largest absolute Gasteiger partial charge is 0.348 e. The second kappa shape index (κ2) is 8.42. The molecular weight excluding hydrogens is 384 g/mol. The van der Waals surface area contributed by atoms with Crippen LogP contribution >= 0.6 is 11.6 Å². The van der Waals surface area contributed by atoms with E-state index in [-0.39, 0.29) is 10.9 Å². The van der Waals surface area contributed by atoms with E-state index in [1.807, 2.05) is 27.7 Å². The minimum atomic E-state index is -3.81. The Labute approximate surface area is 166 Å². The van der Waals surface area contributed by atoms with Crippen molar-refractivity contribution < 1.29 is 13.2 Å². The lowest BCUT2D eigenvalue weighted by atomic mass is 9.96. The van der Waals surface area contributed by atoms with Crippen LogP contribution in [-0.2, 0) is 14.8 Å². The minimum absolute atomic E-state index is 0.0598. The minimum Gasteiger partial charge on any atom is -0.348 e. The Hall–Kier alpha value is -1.89. The van der Waals surface area contributed by atoms with Crippen LogP contribution in [0.5, 0.6) is 0 Å². The number of carbonyl (C=O) groups excluding carboxylic acids is 1. The van der Waals surface area contributed by atoms with Gasteiger partial charge >= 0.3 is 0 Å². The fourth-order valence-corrected chi connectivity index (χ4v) is 4.16. The van der Waals surface area contributed by atoms with E-state index in [0.717, 1.165) is 16.7 Å². The number of hydrogen-bond acceptors (Lipinski definition) is 3. The van der Waals surface area contributed by atoms with E-state index < -0.39 is 22.0 Å². The SMILES string of the molecule is Cc1cc(C)c([C@@H](C)NC(=O)[C@@H](C)NS(=O)(=O)c2ccc(Cl)cc2)cc1C. The topological polar surface area (TPSA) is 75.3 Å². The molecule has 2 atom stereocenters. The van der Waals surface area contributed by atoms with Gasteiger partial charge in [0.1, 0.15) is 0 Å². The van der Waals surface area contributed by atoms with Gasteiger partial charge in [0, 0.05) is 5.02 Å². The Kier molecular flexibility index (Phi) is 6.68. The third-order valence-corrected chi connectivity index (χ3v) is 6.37. The van der Waals surface area contributed by atoms with Crippen molar-refractivity contribution in [3.63, 3.8) is 0 Å². The zero-order valence-corrected chi connectivity index (χ0v) is 17.7.